The first-order chi connectivity index (χ1) is 17.0. The molecule has 0 saturated heterocycles. The van der Waals surface area contributed by atoms with Gasteiger partial charge in [-0.25, -0.2) is 9.59 Å². The van der Waals surface area contributed by atoms with Crippen LogP contribution in [-0.4, -0.2) is 22.2 Å². The van der Waals surface area contributed by atoms with Crippen molar-refractivity contribution in [1.82, 2.24) is 0 Å². The summed E-state index contributed by atoms with van der Waals surface area (Å²) in [7, 11) is 0. The molecule has 0 aromatic rings. The van der Waals surface area contributed by atoms with Gasteiger partial charge in [-0.05, 0) is 50.4 Å². The maximum absolute atomic E-state index is 9.60. The van der Waals surface area contributed by atoms with Gasteiger partial charge in [0.2, 0.25) is 0 Å². The van der Waals surface area contributed by atoms with Gasteiger partial charge in [0.25, 0.3) is 0 Å². The highest BCUT2D eigenvalue weighted by Crippen LogP contribution is 2.47. The highest BCUT2D eigenvalue weighted by Gasteiger charge is 2.37. The number of hydrogen-bond acceptors (Lipinski definition) is 2. The molecule has 0 aromatic carbocycles. The molecule has 2 aliphatic rings. The number of aliphatic carboxylic acids is 2. The van der Waals surface area contributed by atoms with Gasteiger partial charge in [-0.1, -0.05) is 130 Å². The fourth-order valence-corrected chi connectivity index (χ4v) is 5.67. The first-order valence-electron chi connectivity index (χ1n) is 14.8. The Labute approximate surface area is 223 Å². The molecule has 2 unspecified atom stereocenters. The van der Waals surface area contributed by atoms with Crippen molar-refractivity contribution in [3.8, 4) is 0 Å². The average Bonchev–Trinajstić information content (AvgIpc) is 2.91. The molecule has 36 heavy (non-hydrogen) atoms. The molecule has 0 bridgehead atoms. The molecule has 4 heteroatoms. The zero-order chi connectivity index (χ0) is 27.4. The molecular formula is C32H58O4. The van der Waals surface area contributed by atoms with E-state index < -0.39 is 11.9 Å². The predicted octanol–water partition coefficient (Wildman–Crippen LogP) is 9.98. The SMILES string of the molecule is C=C(C)C(=O)O.C=C(C)C(=O)O.CC1CCCCCCCCCC1(C)C1CCCCCCCCCC1. The minimum Gasteiger partial charge on any atom is -0.478 e. The Balaban J connectivity index is 0.000000846. The standard InChI is InChI=1S/C24H46.2C4H6O2/c1-22-18-14-10-6-5-9-13-17-21-24(22,2)23-19-15-11-7-3-4-8-12-16-20-23;2*1-3(2)4(5)6/h22-23H,3-21H2,1-2H3;2*1H2,2H3,(H,5,6). The summed E-state index contributed by atoms with van der Waals surface area (Å²) in [6, 6.07) is 0. The number of rotatable bonds is 3. The quantitative estimate of drug-likeness (QED) is 0.373. The van der Waals surface area contributed by atoms with E-state index in [1.165, 1.54) is 136 Å². The van der Waals surface area contributed by atoms with Crippen LogP contribution in [-0.2, 0) is 9.59 Å². The van der Waals surface area contributed by atoms with E-state index in [2.05, 4.69) is 27.0 Å². The number of carbonyl (C=O) groups is 2. The minimum absolute atomic E-state index is 0.176. The molecule has 2 N–H and O–H groups in total. The summed E-state index contributed by atoms with van der Waals surface area (Å²) in [4.78, 5) is 19.2. The maximum atomic E-state index is 9.60. The molecule has 0 aliphatic heterocycles. The molecule has 2 fully saturated rings. The summed E-state index contributed by atoms with van der Waals surface area (Å²) in [5.41, 5.74) is 0.975. The molecule has 0 radical (unpaired) electrons. The normalized spacial score (nSPS) is 25.2. The lowest BCUT2D eigenvalue weighted by Gasteiger charge is -2.44. The summed E-state index contributed by atoms with van der Waals surface area (Å²) in [6.45, 7) is 14.5. The lowest BCUT2D eigenvalue weighted by molar-refractivity contribution is -0.133. The Morgan fingerprint density at radius 2 is 0.889 bits per heavy atom. The summed E-state index contributed by atoms with van der Waals surface area (Å²) in [5, 5.41) is 15.8. The van der Waals surface area contributed by atoms with Crippen molar-refractivity contribution in [2.45, 2.75) is 150 Å². The van der Waals surface area contributed by atoms with Gasteiger partial charge >= 0.3 is 11.9 Å². The summed E-state index contributed by atoms with van der Waals surface area (Å²) < 4.78 is 0. The number of hydrogen-bond donors (Lipinski definition) is 2. The van der Waals surface area contributed by atoms with Gasteiger partial charge in [0.15, 0.2) is 0 Å². The topological polar surface area (TPSA) is 74.6 Å². The van der Waals surface area contributed by atoms with E-state index in [4.69, 9.17) is 10.2 Å². The predicted molar refractivity (Wildman–Crippen MR) is 153 cm³/mol. The van der Waals surface area contributed by atoms with Gasteiger partial charge in [0.1, 0.15) is 0 Å². The summed E-state index contributed by atoms with van der Waals surface area (Å²) >= 11 is 0. The molecule has 0 spiro atoms. The van der Waals surface area contributed by atoms with Crippen LogP contribution in [0.1, 0.15) is 150 Å². The zero-order valence-electron chi connectivity index (χ0n) is 24.2. The Bertz CT molecular complexity index is 578. The van der Waals surface area contributed by atoms with Crippen molar-refractivity contribution >= 4 is 11.9 Å². The van der Waals surface area contributed by atoms with E-state index in [1.54, 1.807) is 0 Å². The molecule has 2 atom stereocenters. The van der Waals surface area contributed by atoms with Gasteiger partial charge in [-0.15, -0.1) is 0 Å². The second-order valence-corrected chi connectivity index (χ2v) is 11.7. The van der Waals surface area contributed by atoms with Crippen LogP contribution in [0.25, 0.3) is 0 Å². The van der Waals surface area contributed by atoms with E-state index in [1.807, 2.05) is 0 Å². The van der Waals surface area contributed by atoms with Gasteiger partial charge in [0.05, 0.1) is 0 Å². The van der Waals surface area contributed by atoms with Crippen LogP contribution in [0, 0.1) is 17.3 Å². The van der Waals surface area contributed by atoms with Crippen LogP contribution >= 0.6 is 0 Å². The van der Waals surface area contributed by atoms with E-state index in [0.29, 0.717) is 5.41 Å². The number of carboxylic acid groups (broad SMARTS) is 2. The van der Waals surface area contributed by atoms with Gasteiger partial charge < -0.3 is 10.2 Å². The summed E-state index contributed by atoms with van der Waals surface area (Å²) in [5.74, 6) is 0.0714. The van der Waals surface area contributed by atoms with Crippen molar-refractivity contribution in [2.24, 2.45) is 17.3 Å². The Hall–Kier alpha value is -1.58. The molecule has 0 amide bonds. The molecule has 0 heterocycles. The minimum atomic E-state index is -0.935. The molecule has 210 valence electrons. The van der Waals surface area contributed by atoms with E-state index in [0.717, 1.165) is 11.8 Å². The average molecular weight is 507 g/mol. The van der Waals surface area contributed by atoms with Crippen LogP contribution in [0.5, 0.6) is 0 Å². The van der Waals surface area contributed by atoms with Gasteiger partial charge in [-0.3, -0.25) is 0 Å². The molecule has 2 aliphatic carbocycles. The number of carboxylic acids is 2. The second-order valence-electron chi connectivity index (χ2n) is 11.7. The monoisotopic (exact) mass is 506 g/mol. The molecule has 0 aromatic heterocycles. The van der Waals surface area contributed by atoms with Gasteiger partial charge in [-0.2, -0.15) is 0 Å². The van der Waals surface area contributed by atoms with Gasteiger partial charge in [0, 0.05) is 11.1 Å². The third-order valence-corrected chi connectivity index (χ3v) is 8.50. The van der Waals surface area contributed by atoms with Crippen molar-refractivity contribution in [1.29, 1.82) is 0 Å². The Morgan fingerprint density at radius 1 is 0.611 bits per heavy atom. The van der Waals surface area contributed by atoms with Crippen LogP contribution in [0.3, 0.4) is 0 Å². The van der Waals surface area contributed by atoms with Crippen molar-refractivity contribution in [2.75, 3.05) is 0 Å². The molecule has 2 rings (SSSR count). The van der Waals surface area contributed by atoms with E-state index in [-0.39, 0.29) is 11.1 Å². The highest BCUT2D eigenvalue weighted by molar-refractivity contribution is 5.85. The van der Waals surface area contributed by atoms with Crippen molar-refractivity contribution in [3.05, 3.63) is 24.3 Å². The molecule has 4 nitrogen and oxygen atoms in total. The zero-order valence-corrected chi connectivity index (χ0v) is 24.2. The first-order valence-corrected chi connectivity index (χ1v) is 14.8. The van der Waals surface area contributed by atoms with E-state index >= 15 is 0 Å². The van der Waals surface area contributed by atoms with Crippen LogP contribution in [0.15, 0.2) is 24.3 Å². The largest absolute Gasteiger partial charge is 0.478 e. The fourth-order valence-electron chi connectivity index (χ4n) is 5.67. The third-order valence-electron chi connectivity index (χ3n) is 8.50. The van der Waals surface area contributed by atoms with Crippen molar-refractivity contribution in [3.63, 3.8) is 0 Å². The molecule has 2 saturated carbocycles. The lowest BCUT2D eigenvalue weighted by Crippen LogP contribution is -2.34. The Morgan fingerprint density at radius 3 is 1.22 bits per heavy atom. The van der Waals surface area contributed by atoms with Crippen molar-refractivity contribution < 1.29 is 19.8 Å². The smallest absolute Gasteiger partial charge is 0.330 e. The molecular weight excluding hydrogens is 448 g/mol. The van der Waals surface area contributed by atoms with Crippen LogP contribution in [0.2, 0.25) is 0 Å². The van der Waals surface area contributed by atoms with Crippen LogP contribution in [0.4, 0.5) is 0 Å². The first kappa shape index (κ1) is 34.4. The third kappa shape index (κ3) is 16.2. The second kappa shape index (κ2) is 20.5. The maximum Gasteiger partial charge on any atom is 0.330 e. The summed E-state index contributed by atoms with van der Waals surface area (Å²) in [6.07, 6.45) is 28.5. The lowest BCUT2D eigenvalue weighted by atomic mass is 9.61. The Kier molecular flexibility index (Phi) is 19.6. The highest BCUT2D eigenvalue weighted by atomic mass is 16.4. The van der Waals surface area contributed by atoms with E-state index in [9.17, 15) is 9.59 Å². The fraction of sp³-hybridized carbons (Fsp3) is 0.812. The van der Waals surface area contributed by atoms with Crippen LogP contribution < -0.4 is 0 Å².